The Bertz CT molecular complexity index is 628. The third-order valence-corrected chi connectivity index (χ3v) is 2.59. The molecule has 1 aromatic heterocycles. The first-order valence-corrected chi connectivity index (χ1v) is 5.78. The summed E-state index contributed by atoms with van der Waals surface area (Å²) < 4.78 is 39.4. The van der Waals surface area contributed by atoms with Crippen LogP contribution in [0, 0.1) is 0 Å². The van der Waals surface area contributed by atoms with Crippen molar-refractivity contribution in [2.75, 3.05) is 0 Å². The van der Waals surface area contributed by atoms with Crippen LogP contribution in [0.25, 0.3) is 5.69 Å². The van der Waals surface area contributed by atoms with E-state index in [1.54, 1.807) is 0 Å². The van der Waals surface area contributed by atoms with Gasteiger partial charge in [0.05, 0.1) is 11.3 Å². The summed E-state index contributed by atoms with van der Waals surface area (Å²) in [4.78, 5) is 14.1. The molecule has 0 saturated heterocycles. The minimum absolute atomic E-state index is 0.265. The van der Waals surface area contributed by atoms with Gasteiger partial charge >= 0.3 is 11.9 Å². The molecule has 2 aromatic rings. The van der Waals surface area contributed by atoms with E-state index in [0.29, 0.717) is 12.2 Å². The molecule has 1 aromatic carbocycles. The fourth-order valence-electron chi connectivity index (χ4n) is 1.78. The van der Waals surface area contributed by atoms with E-state index in [1.165, 1.54) is 18.2 Å². The number of aryl methyl sites for hydroxylation is 1. The van der Waals surface area contributed by atoms with Crippen molar-refractivity contribution in [3.8, 4) is 5.69 Å². The Morgan fingerprint density at radius 2 is 2.00 bits per heavy atom. The highest BCUT2D eigenvalue weighted by Gasteiger charge is 2.34. The first-order chi connectivity index (χ1) is 8.93. The molecular formula is C12H12F3N3O. The van der Waals surface area contributed by atoms with E-state index in [0.717, 1.165) is 17.2 Å². The number of benzene rings is 1. The first kappa shape index (κ1) is 13.4. The predicted octanol–water partition coefficient (Wildman–Crippen LogP) is 2.53. The van der Waals surface area contributed by atoms with Gasteiger partial charge in [-0.1, -0.05) is 19.1 Å². The maximum absolute atomic E-state index is 12.9. The molecular weight excluding hydrogens is 259 g/mol. The van der Waals surface area contributed by atoms with E-state index >= 15 is 0 Å². The van der Waals surface area contributed by atoms with Crippen molar-refractivity contribution in [1.82, 2.24) is 14.8 Å². The second-order valence-electron chi connectivity index (χ2n) is 4.05. The largest absolute Gasteiger partial charge is 0.418 e. The lowest BCUT2D eigenvalue weighted by Gasteiger charge is -2.11. The van der Waals surface area contributed by atoms with Crippen LogP contribution in [0.4, 0.5) is 13.2 Å². The van der Waals surface area contributed by atoms with Crippen molar-refractivity contribution >= 4 is 0 Å². The molecule has 1 heterocycles. The quantitative estimate of drug-likeness (QED) is 0.932. The molecule has 0 aliphatic heterocycles. The van der Waals surface area contributed by atoms with Gasteiger partial charge in [0.1, 0.15) is 5.82 Å². The Kier molecular flexibility index (Phi) is 3.46. The Labute approximate surface area is 106 Å². The molecule has 0 radical (unpaired) electrons. The van der Waals surface area contributed by atoms with Crippen LogP contribution < -0.4 is 5.69 Å². The molecule has 0 atom stereocenters. The maximum atomic E-state index is 12.9. The number of hydrogen-bond donors (Lipinski definition) is 1. The van der Waals surface area contributed by atoms with Crippen LogP contribution in [0.2, 0.25) is 0 Å². The third-order valence-electron chi connectivity index (χ3n) is 2.59. The van der Waals surface area contributed by atoms with Gasteiger partial charge in [-0.05, 0) is 18.6 Å². The van der Waals surface area contributed by atoms with Crippen LogP contribution in [-0.4, -0.2) is 14.8 Å². The van der Waals surface area contributed by atoms with Gasteiger partial charge in [0, 0.05) is 6.42 Å². The Hall–Kier alpha value is -2.05. The zero-order chi connectivity index (χ0) is 14.0. The third kappa shape index (κ3) is 2.69. The number of nitrogens with zero attached hydrogens (tertiary/aromatic N) is 2. The average Bonchev–Trinajstić information content (AvgIpc) is 2.70. The number of aromatic nitrogens is 3. The number of H-pyrrole nitrogens is 1. The van der Waals surface area contributed by atoms with Gasteiger partial charge in [-0.3, -0.25) is 4.98 Å². The number of nitrogens with one attached hydrogen (secondary N) is 1. The summed E-state index contributed by atoms with van der Waals surface area (Å²) in [6, 6.07) is 4.86. The van der Waals surface area contributed by atoms with Gasteiger partial charge in [-0.2, -0.15) is 23.0 Å². The lowest BCUT2D eigenvalue weighted by atomic mass is 10.2. The summed E-state index contributed by atoms with van der Waals surface area (Å²) >= 11 is 0. The smallest absolute Gasteiger partial charge is 0.292 e. The van der Waals surface area contributed by atoms with Crippen molar-refractivity contribution in [2.45, 2.75) is 25.9 Å². The fraction of sp³-hybridized carbons (Fsp3) is 0.333. The molecule has 7 heteroatoms. The second-order valence-corrected chi connectivity index (χ2v) is 4.05. The normalized spacial score (nSPS) is 11.8. The zero-order valence-electron chi connectivity index (χ0n) is 10.2. The Morgan fingerprint density at radius 1 is 1.32 bits per heavy atom. The van der Waals surface area contributed by atoms with Crippen molar-refractivity contribution in [3.63, 3.8) is 0 Å². The molecule has 0 spiro atoms. The summed E-state index contributed by atoms with van der Waals surface area (Å²) in [7, 11) is 0. The van der Waals surface area contributed by atoms with Crippen LogP contribution in [0.1, 0.15) is 24.7 Å². The standard InChI is InChI=1S/C12H12F3N3O/c1-2-5-10-16-11(19)18(17-10)9-7-4-3-6-8(9)12(13,14)15/h3-4,6-7H,2,5H2,1H3,(H,16,17,19). The van der Waals surface area contributed by atoms with Gasteiger partial charge in [0.2, 0.25) is 0 Å². The van der Waals surface area contributed by atoms with E-state index in [2.05, 4.69) is 10.1 Å². The zero-order valence-corrected chi connectivity index (χ0v) is 10.2. The van der Waals surface area contributed by atoms with E-state index in [-0.39, 0.29) is 5.69 Å². The summed E-state index contributed by atoms with van der Waals surface area (Å²) in [5.74, 6) is 0.379. The van der Waals surface area contributed by atoms with Crippen molar-refractivity contribution in [3.05, 3.63) is 46.1 Å². The van der Waals surface area contributed by atoms with E-state index in [1.807, 2.05) is 6.92 Å². The molecule has 19 heavy (non-hydrogen) atoms. The second kappa shape index (κ2) is 4.91. The molecule has 0 amide bonds. The fourth-order valence-corrected chi connectivity index (χ4v) is 1.78. The van der Waals surface area contributed by atoms with Gasteiger partial charge in [0.25, 0.3) is 0 Å². The molecule has 0 bridgehead atoms. The Morgan fingerprint density at radius 3 is 2.63 bits per heavy atom. The van der Waals surface area contributed by atoms with Crippen LogP contribution >= 0.6 is 0 Å². The van der Waals surface area contributed by atoms with Crippen molar-refractivity contribution < 1.29 is 13.2 Å². The molecule has 102 valence electrons. The number of halogens is 3. The predicted molar refractivity (Wildman–Crippen MR) is 63.2 cm³/mol. The SMILES string of the molecule is CCCc1nn(-c2ccccc2C(F)(F)F)c(=O)[nH]1. The average molecular weight is 271 g/mol. The van der Waals surface area contributed by atoms with Gasteiger partial charge in [-0.25, -0.2) is 4.79 Å². The lowest BCUT2D eigenvalue weighted by molar-refractivity contribution is -0.137. The van der Waals surface area contributed by atoms with Crippen LogP contribution in [0.5, 0.6) is 0 Å². The summed E-state index contributed by atoms with van der Waals surface area (Å²) in [5, 5.41) is 3.89. The van der Waals surface area contributed by atoms with E-state index < -0.39 is 17.4 Å². The molecule has 0 unspecified atom stereocenters. The van der Waals surface area contributed by atoms with Gasteiger partial charge in [-0.15, -0.1) is 0 Å². The molecule has 0 aliphatic rings. The first-order valence-electron chi connectivity index (χ1n) is 5.78. The number of rotatable bonds is 3. The van der Waals surface area contributed by atoms with Crippen LogP contribution in [0.15, 0.2) is 29.1 Å². The molecule has 0 aliphatic carbocycles. The van der Waals surface area contributed by atoms with Crippen molar-refractivity contribution in [1.29, 1.82) is 0 Å². The molecule has 0 saturated carbocycles. The van der Waals surface area contributed by atoms with E-state index in [9.17, 15) is 18.0 Å². The lowest BCUT2D eigenvalue weighted by Crippen LogP contribution is -2.20. The summed E-state index contributed by atoms with van der Waals surface area (Å²) in [6.45, 7) is 1.89. The minimum atomic E-state index is -4.53. The summed E-state index contributed by atoms with van der Waals surface area (Å²) in [6.07, 6.45) is -3.27. The number of alkyl halides is 3. The molecule has 1 N–H and O–H groups in total. The monoisotopic (exact) mass is 271 g/mol. The van der Waals surface area contributed by atoms with Crippen LogP contribution in [0.3, 0.4) is 0 Å². The molecule has 4 nitrogen and oxygen atoms in total. The molecule has 2 rings (SSSR count). The molecule has 0 fully saturated rings. The summed E-state index contributed by atoms with van der Waals surface area (Å²) in [5.41, 5.74) is -1.81. The van der Waals surface area contributed by atoms with Crippen LogP contribution in [-0.2, 0) is 12.6 Å². The van der Waals surface area contributed by atoms with Crippen molar-refractivity contribution in [2.24, 2.45) is 0 Å². The maximum Gasteiger partial charge on any atom is 0.418 e. The highest BCUT2D eigenvalue weighted by atomic mass is 19.4. The number of para-hydroxylation sites is 1. The Balaban J connectivity index is 2.56. The highest BCUT2D eigenvalue weighted by molar-refractivity contribution is 5.41. The topological polar surface area (TPSA) is 50.7 Å². The highest BCUT2D eigenvalue weighted by Crippen LogP contribution is 2.32. The van der Waals surface area contributed by atoms with Gasteiger partial charge < -0.3 is 0 Å². The number of aromatic amines is 1. The van der Waals surface area contributed by atoms with Gasteiger partial charge in [0.15, 0.2) is 0 Å². The number of hydrogen-bond acceptors (Lipinski definition) is 2. The van der Waals surface area contributed by atoms with E-state index in [4.69, 9.17) is 0 Å². The minimum Gasteiger partial charge on any atom is -0.292 e.